The van der Waals surface area contributed by atoms with Gasteiger partial charge in [0.25, 0.3) is 0 Å². The topological polar surface area (TPSA) is 36.9 Å². The molecule has 2 saturated heterocycles. The summed E-state index contributed by atoms with van der Waals surface area (Å²) in [6, 6.07) is 0. The van der Waals surface area contributed by atoms with Gasteiger partial charge in [0.15, 0.2) is 0 Å². The van der Waals surface area contributed by atoms with Crippen molar-refractivity contribution < 1.29 is 18.6 Å². The Balaban J connectivity index is 2.12. The van der Waals surface area contributed by atoms with Gasteiger partial charge in [-0.05, 0) is 41.0 Å². The predicted octanol–water partition coefficient (Wildman–Crippen LogP) is 2.89. The van der Waals surface area contributed by atoms with Crippen molar-refractivity contribution in [2.45, 2.75) is 78.6 Å². The van der Waals surface area contributed by atoms with Crippen LogP contribution in [0, 0.1) is 5.41 Å². The fourth-order valence-corrected chi connectivity index (χ4v) is 2.54. The zero-order valence-corrected chi connectivity index (χ0v) is 14.2. The van der Waals surface area contributed by atoms with Crippen LogP contribution in [0.5, 0.6) is 0 Å². The van der Waals surface area contributed by atoms with Gasteiger partial charge in [-0.1, -0.05) is 20.8 Å². The molecule has 0 aliphatic carbocycles. The maximum Gasteiger partial charge on any atom is 0.488 e. The van der Waals surface area contributed by atoms with Gasteiger partial charge in [0, 0.05) is 12.0 Å². The van der Waals surface area contributed by atoms with Crippen LogP contribution >= 0.6 is 0 Å². The fourth-order valence-electron chi connectivity index (χ4n) is 2.54. The molecule has 2 rings (SSSR count). The van der Waals surface area contributed by atoms with Crippen LogP contribution in [0.15, 0.2) is 0 Å². The Morgan fingerprint density at radius 1 is 0.800 bits per heavy atom. The third-order valence-electron chi connectivity index (χ3n) is 5.61. The average molecular weight is 282 g/mol. The second kappa shape index (κ2) is 4.73. The Bertz CT molecular complexity index is 383. The van der Waals surface area contributed by atoms with Crippen LogP contribution in [0.4, 0.5) is 0 Å². The molecule has 0 spiro atoms. The molecule has 0 aromatic rings. The summed E-state index contributed by atoms with van der Waals surface area (Å²) in [4.78, 5) is 0. The lowest BCUT2D eigenvalue weighted by Gasteiger charge is -2.47. The summed E-state index contributed by atoms with van der Waals surface area (Å²) in [5.74, 6) is 0. The van der Waals surface area contributed by atoms with E-state index in [2.05, 4.69) is 55.4 Å². The zero-order valence-electron chi connectivity index (χ0n) is 14.2. The minimum atomic E-state index is -0.467. The fraction of sp³-hybridized carbons (Fsp3) is 1.00. The van der Waals surface area contributed by atoms with E-state index >= 15 is 0 Å². The minimum absolute atomic E-state index is 0.0360. The highest BCUT2D eigenvalue weighted by Gasteiger charge is 2.61. The summed E-state index contributed by atoms with van der Waals surface area (Å²) in [5, 5.41) is 0. The zero-order chi connectivity index (χ0) is 15.4. The van der Waals surface area contributed by atoms with Gasteiger partial charge < -0.3 is 18.6 Å². The number of hydrogen-bond acceptors (Lipinski definition) is 4. The van der Waals surface area contributed by atoms with Crippen LogP contribution in [0.3, 0.4) is 0 Å². The second-order valence-electron chi connectivity index (χ2n) is 7.89. The van der Waals surface area contributed by atoms with E-state index < -0.39 is 14.0 Å². The van der Waals surface area contributed by atoms with Crippen molar-refractivity contribution in [3.63, 3.8) is 0 Å². The molecule has 20 heavy (non-hydrogen) atoms. The first-order chi connectivity index (χ1) is 8.94. The SMILES string of the molecule is CCC1(C)OB(B2OCC(C)(C)C(C)(C)O2)OC1(C)C. The maximum absolute atomic E-state index is 6.14. The highest BCUT2D eigenvalue weighted by molar-refractivity contribution is 7.11. The molecule has 0 amide bonds. The highest BCUT2D eigenvalue weighted by atomic mass is 16.7. The van der Waals surface area contributed by atoms with E-state index in [4.69, 9.17) is 18.6 Å². The molecule has 0 aromatic carbocycles. The van der Waals surface area contributed by atoms with Crippen LogP contribution in [-0.4, -0.2) is 37.4 Å². The molecule has 2 fully saturated rings. The van der Waals surface area contributed by atoms with Crippen molar-refractivity contribution in [3.05, 3.63) is 0 Å². The number of rotatable bonds is 2. The first-order valence-corrected chi connectivity index (χ1v) is 7.59. The van der Waals surface area contributed by atoms with Crippen LogP contribution < -0.4 is 0 Å². The van der Waals surface area contributed by atoms with E-state index in [-0.39, 0.29) is 22.2 Å². The highest BCUT2D eigenvalue weighted by Crippen LogP contribution is 2.43. The van der Waals surface area contributed by atoms with Crippen molar-refractivity contribution in [2.24, 2.45) is 5.41 Å². The van der Waals surface area contributed by atoms with Gasteiger partial charge in [0.1, 0.15) is 0 Å². The van der Waals surface area contributed by atoms with E-state index in [1.54, 1.807) is 0 Å². The van der Waals surface area contributed by atoms with Gasteiger partial charge in [-0.25, -0.2) is 0 Å². The standard InChI is InChI=1S/C14H28B2O4/c1-9-14(8)13(6,7)19-16(20-14)15-17-10-11(2,3)12(4,5)18-15/h9-10H2,1-8H3. The normalized spacial score (nSPS) is 35.4. The van der Waals surface area contributed by atoms with Gasteiger partial charge in [-0.15, -0.1) is 0 Å². The third kappa shape index (κ3) is 2.45. The molecule has 4 nitrogen and oxygen atoms in total. The molecule has 0 bridgehead atoms. The summed E-state index contributed by atoms with van der Waals surface area (Å²) < 4.78 is 24.2. The first kappa shape index (κ1) is 16.3. The van der Waals surface area contributed by atoms with Crippen LogP contribution in [0.25, 0.3) is 0 Å². The average Bonchev–Trinajstić information content (AvgIpc) is 2.54. The smallest absolute Gasteiger partial charge is 0.413 e. The van der Waals surface area contributed by atoms with Gasteiger partial charge in [0.05, 0.1) is 16.8 Å². The van der Waals surface area contributed by atoms with Crippen molar-refractivity contribution in [2.75, 3.05) is 6.61 Å². The Morgan fingerprint density at radius 2 is 1.35 bits per heavy atom. The second-order valence-corrected chi connectivity index (χ2v) is 7.89. The Morgan fingerprint density at radius 3 is 1.80 bits per heavy atom. The molecule has 0 saturated carbocycles. The molecular weight excluding hydrogens is 254 g/mol. The molecular formula is C14H28B2O4. The van der Waals surface area contributed by atoms with Gasteiger partial charge in [-0.2, -0.15) is 0 Å². The lowest BCUT2D eigenvalue weighted by molar-refractivity contribution is -0.0942. The molecule has 0 aromatic heterocycles. The largest absolute Gasteiger partial charge is 0.488 e. The third-order valence-corrected chi connectivity index (χ3v) is 5.61. The molecule has 114 valence electrons. The van der Waals surface area contributed by atoms with Gasteiger partial charge in [-0.3, -0.25) is 0 Å². The monoisotopic (exact) mass is 282 g/mol. The van der Waals surface area contributed by atoms with E-state index in [0.29, 0.717) is 6.61 Å². The summed E-state index contributed by atoms with van der Waals surface area (Å²) in [5.41, 5.74) is -0.985. The van der Waals surface area contributed by atoms with Gasteiger partial charge >= 0.3 is 14.0 Å². The van der Waals surface area contributed by atoms with Crippen LogP contribution in [-0.2, 0) is 18.6 Å². The van der Waals surface area contributed by atoms with E-state index in [1.165, 1.54) is 0 Å². The van der Waals surface area contributed by atoms with E-state index in [0.717, 1.165) is 6.42 Å². The Kier molecular flexibility index (Phi) is 3.87. The van der Waals surface area contributed by atoms with E-state index in [9.17, 15) is 0 Å². The predicted molar refractivity (Wildman–Crippen MR) is 81.4 cm³/mol. The first-order valence-electron chi connectivity index (χ1n) is 7.59. The number of hydrogen-bond donors (Lipinski definition) is 0. The Labute approximate surface area is 124 Å². The van der Waals surface area contributed by atoms with E-state index in [1.807, 2.05) is 0 Å². The van der Waals surface area contributed by atoms with Crippen molar-refractivity contribution in [1.82, 2.24) is 0 Å². The maximum atomic E-state index is 6.14. The molecule has 0 radical (unpaired) electrons. The van der Waals surface area contributed by atoms with Gasteiger partial charge in [0.2, 0.25) is 0 Å². The van der Waals surface area contributed by atoms with Crippen LogP contribution in [0.1, 0.15) is 61.8 Å². The summed E-state index contributed by atoms with van der Waals surface area (Å²) in [6.07, 6.45) is 0.887. The lowest BCUT2D eigenvalue weighted by Crippen LogP contribution is -2.60. The minimum Gasteiger partial charge on any atom is -0.413 e. The molecule has 2 aliphatic rings. The van der Waals surface area contributed by atoms with Crippen molar-refractivity contribution in [3.8, 4) is 0 Å². The molecule has 2 aliphatic heterocycles. The van der Waals surface area contributed by atoms with Crippen LogP contribution in [0.2, 0.25) is 0 Å². The summed E-state index contributed by atoms with van der Waals surface area (Å²) >= 11 is 0. The Hall–Kier alpha value is -0.0301. The molecule has 2 heterocycles. The molecule has 6 heteroatoms. The molecule has 0 N–H and O–H groups in total. The van der Waals surface area contributed by atoms with Crippen molar-refractivity contribution >= 4 is 14.0 Å². The molecule has 1 unspecified atom stereocenters. The lowest BCUT2D eigenvalue weighted by atomic mass is 9.47. The summed E-state index contributed by atoms with van der Waals surface area (Å²) in [6.45, 7) is 17.5. The summed E-state index contributed by atoms with van der Waals surface area (Å²) in [7, 11) is -0.934. The van der Waals surface area contributed by atoms with Crippen molar-refractivity contribution in [1.29, 1.82) is 0 Å². The quantitative estimate of drug-likeness (QED) is 0.730. The molecule has 1 atom stereocenters.